The van der Waals surface area contributed by atoms with E-state index in [1.165, 1.54) is 19.3 Å². The van der Waals surface area contributed by atoms with Crippen molar-refractivity contribution in [1.82, 2.24) is 10.2 Å². The number of nitrogens with zero attached hydrogens (tertiary/aromatic N) is 1. The third-order valence-corrected chi connectivity index (χ3v) is 3.63. The molecule has 2 fully saturated rings. The van der Waals surface area contributed by atoms with Crippen molar-refractivity contribution < 1.29 is 4.79 Å². The lowest BCUT2D eigenvalue weighted by molar-refractivity contribution is -0.137. The van der Waals surface area contributed by atoms with E-state index in [-0.39, 0.29) is 12.4 Å². The largest absolute Gasteiger partial charge is 0.340 e. The lowest BCUT2D eigenvalue weighted by Crippen LogP contribution is -2.52. The molecule has 94 valence electrons. The van der Waals surface area contributed by atoms with Crippen LogP contribution >= 0.6 is 12.4 Å². The van der Waals surface area contributed by atoms with Crippen molar-refractivity contribution in [2.75, 3.05) is 19.6 Å². The summed E-state index contributed by atoms with van der Waals surface area (Å²) in [5, 5.41) is 3.38. The topological polar surface area (TPSA) is 32.3 Å². The smallest absolute Gasteiger partial charge is 0.225 e. The van der Waals surface area contributed by atoms with Gasteiger partial charge in [0, 0.05) is 31.6 Å². The van der Waals surface area contributed by atoms with E-state index in [0.29, 0.717) is 17.9 Å². The van der Waals surface area contributed by atoms with Crippen LogP contribution in [-0.2, 0) is 4.79 Å². The quantitative estimate of drug-likeness (QED) is 0.766. The minimum atomic E-state index is 0. The Morgan fingerprint density at radius 2 is 1.94 bits per heavy atom. The van der Waals surface area contributed by atoms with Gasteiger partial charge in [0.25, 0.3) is 0 Å². The Labute approximate surface area is 104 Å². The molecule has 1 saturated carbocycles. The fourth-order valence-electron chi connectivity index (χ4n) is 2.74. The summed E-state index contributed by atoms with van der Waals surface area (Å²) < 4.78 is 0. The second-order valence-electron chi connectivity index (χ2n) is 4.97. The fraction of sp³-hybridized carbons (Fsp3) is 0.917. The van der Waals surface area contributed by atoms with Gasteiger partial charge in [0.05, 0.1) is 0 Å². The molecule has 0 aromatic carbocycles. The van der Waals surface area contributed by atoms with Crippen LogP contribution in [0.3, 0.4) is 0 Å². The summed E-state index contributed by atoms with van der Waals surface area (Å²) in [5.74, 6) is 0.757. The highest BCUT2D eigenvalue weighted by atomic mass is 35.5. The molecule has 1 aliphatic carbocycles. The van der Waals surface area contributed by atoms with Gasteiger partial charge in [0.2, 0.25) is 5.91 Å². The number of carbonyl (C=O) groups is 1. The maximum Gasteiger partial charge on any atom is 0.225 e. The van der Waals surface area contributed by atoms with Gasteiger partial charge in [-0.1, -0.05) is 19.3 Å². The number of nitrogens with one attached hydrogen (secondary N) is 1. The van der Waals surface area contributed by atoms with Crippen molar-refractivity contribution in [2.45, 2.75) is 45.1 Å². The molecule has 1 aliphatic heterocycles. The van der Waals surface area contributed by atoms with E-state index in [0.717, 1.165) is 32.5 Å². The Hall–Kier alpha value is -0.280. The molecule has 0 aromatic heterocycles. The molecule has 0 radical (unpaired) electrons. The number of piperazine rings is 1. The summed E-state index contributed by atoms with van der Waals surface area (Å²) in [5.41, 5.74) is 0. The van der Waals surface area contributed by atoms with Gasteiger partial charge in [0.15, 0.2) is 0 Å². The number of hydrogen-bond acceptors (Lipinski definition) is 2. The molecule has 16 heavy (non-hydrogen) atoms. The van der Waals surface area contributed by atoms with Crippen LogP contribution in [0.25, 0.3) is 0 Å². The van der Waals surface area contributed by atoms with Gasteiger partial charge in [-0.15, -0.1) is 12.4 Å². The molecule has 0 bridgehead atoms. The molecular weight excluding hydrogens is 224 g/mol. The maximum atomic E-state index is 12.2. The SMILES string of the molecule is CC1CN(C(=O)C2CCCCC2)CCN1.Cl. The van der Waals surface area contributed by atoms with Gasteiger partial charge in [-0.3, -0.25) is 4.79 Å². The molecule has 0 spiro atoms. The summed E-state index contributed by atoms with van der Waals surface area (Å²) >= 11 is 0. The summed E-state index contributed by atoms with van der Waals surface area (Å²) in [6, 6.07) is 0.464. The number of amides is 1. The van der Waals surface area contributed by atoms with Crippen LogP contribution < -0.4 is 5.32 Å². The Kier molecular flexibility index (Phi) is 5.56. The molecule has 0 aromatic rings. The molecular formula is C12H23ClN2O. The van der Waals surface area contributed by atoms with Gasteiger partial charge in [-0.2, -0.15) is 0 Å². The molecule has 4 heteroatoms. The van der Waals surface area contributed by atoms with Crippen molar-refractivity contribution in [3.05, 3.63) is 0 Å². The maximum absolute atomic E-state index is 12.2. The second kappa shape index (κ2) is 6.45. The first-order valence-corrected chi connectivity index (χ1v) is 6.29. The highest BCUT2D eigenvalue weighted by Crippen LogP contribution is 2.25. The number of rotatable bonds is 1. The van der Waals surface area contributed by atoms with Gasteiger partial charge in [0.1, 0.15) is 0 Å². The minimum absolute atomic E-state index is 0. The van der Waals surface area contributed by atoms with E-state index in [2.05, 4.69) is 17.1 Å². The van der Waals surface area contributed by atoms with Crippen molar-refractivity contribution in [3.8, 4) is 0 Å². The van der Waals surface area contributed by atoms with Crippen LogP contribution in [0, 0.1) is 5.92 Å². The molecule has 1 saturated heterocycles. The van der Waals surface area contributed by atoms with Gasteiger partial charge < -0.3 is 10.2 Å². The fourth-order valence-corrected chi connectivity index (χ4v) is 2.74. The highest BCUT2D eigenvalue weighted by Gasteiger charge is 2.28. The standard InChI is InChI=1S/C12H22N2O.ClH/c1-10-9-14(8-7-13-10)12(15)11-5-3-2-4-6-11;/h10-11,13H,2-9H2,1H3;1H. The van der Waals surface area contributed by atoms with Crippen LogP contribution in [-0.4, -0.2) is 36.5 Å². The first kappa shape index (κ1) is 13.8. The van der Waals surface area contributed by atoms with Crippen LogP contribution in [0.5, 0.6) is 0 Å². The molecule has 1 unspecified atom stereocenters. The van der Waals surface area contributed by atoms with Gasteiger partial charge >= 0.3 is 0 Å². The average molecular weight is 247 g/mol. The number of carbonyl (C=O) groups excluding carboxylic acids is 1. The zero-order chi connectivity index (χ0) is 10.7. The van der Waals surface area contributed by atoms with Gasteiger partial charge in [-0.25, -0.2) is 0 Å². The van der Waals surface area contributed by atoms with Crippen LogP contribution in [0.15, 0.2) is 0 Å². The van der Waals surface area contributed by atoms with E-state index in [4.69, 9.17) is 0 Å². The van der Waals surface area contributed by atoms with Crippen LogP contribution in [0.4, 0.5) is 0 Å². The van der Waals surface area contributed by atoms with E-state index in [1.807, 2.05) is 0 Å². The Morgan fingerprint density at radius 1 is 1.25 bits per heavy atom. The molecule has 1 N–H and O–H groups in total. The zero-order valence-corrected chi connectivity index (χ0v) is 10.9. The predicted molar refractivity (Wildman–Crippen MR) is 67.9 cm³/mol. The van der Waals surface area contributed by atoms with Crippen molar-refractivity contribution in [1.29, 1.82) is 0 Å². The molecule has 1 heterocycles. The third kappa shape index (κ3) is 3.36. The number of hydrogen-bond donors (Lipinski definition) is 1. The Bertz CT molecular complexity index is 229. The molecule has 3 nitrogen and oxygen atoms in total. The Balaban J connectivity index is 0.00000128. The van der Waals surface area contributed by atoms with E-state index >= 15 is 0 Å². The lowest BCUT2D eigenvalue weighted by atomic mass is 9.88. The summed E-state index contributed by atoms with van der Waals surface area (Å²) in [4.78, 5) is 14.3. The van der Waals surface area contributed by atoms with E-state index in [9.17, 15) is 4.79 Å². The molecule has 2 aliphatic rings. The summed E-state index contributed by atoms with van der Waals surface area (Å²) in [7, 11) is 0. The second-order valence-corrected chi connectivity index (χ2v) is 4.97. The normalized spacial score (nSPS) is 27.3. The first-order valence-electron chi connectivity index (χ1n) is 6.29. The predicted octanol–water partition coefficient (Wildman–Crippen LogP) is 1.81. The summed E-state index contributed by atoms with van der Waals surface area (Å²) in [6.07, 6.45) is 6.06. The van der Waals surface area contributed by atoms with Crippen LogP contribution in [0.2, 0.25) is 0 Å². The summed E-state index contributed by atoms with van der Waals surface area (Å²) in [6.45, 7) is 4.91. The van der Waals surface area contributed by atoms with E-state index in [1.54, 1.807) is 0 Å². The molecule has 2 rings (SSSR count). The van der Waals surface area contributed by atoms with Gasteiger partial charge in [-0.05, 0) is 19.8 Å². The first-order chi connectivity index (χ1) is 7.27. The molecule has 1 amide bonds. The van der Waals surface area contributed by atoms with E-state index < -0.39 is 0 Å². The monoisotopic (exact) mass is 246 g/mol. The van der Waals surface area contributed by atoms with Crippen molar-refractivity contribution in [3.63, 3.8) is 0 Å². The van der Waals surface area contributed by atoms with Crippen molar-refractivity contribution >= 4 is 18.3 Å². The lowest BCUT2D eigenvalue weighted by Gasteiger charge is -2.35. The van der Waals surface area contributed by atoms with Crippen LogP contribution in [0.1, 0.15) is 39.0 Å². The highest BCUT2D eigenvalue weighted by molar-refractivity contribution is 5.85. The average Bonchev–Trinajstić information content (AvgIpc) is 2.29. The minimum Gasteiger partial charge on any atom is -0.340 e. The number of halogens is 1. The third-order valence-electron chi connectivity index (χ3n) is 3.63. The Morgan fingerprint density at radius 3 is 2.56 bits per heavy atom. The zero-order valence-electron chi connectivity index (χ0n) is 10.1. The molecule has 1 atom stereocenters. The van der Waals surface area contributed by atoms with Crippen molar-refractivity contribution in [2.24, 2.45) is 5.92 Å².